The van der Waals surface area contributed by atoms with E-state index in [9.17, 15) is 9.59 Å². The summed E-state index contributed by atoms with van der Waals surface area (Å²) >= 11 is 0. The molecule has 0 aliphatic heterocycles. The first-order valence-corrected chi connectivity index (χ1v) is 10.8. The molecule has 176 valence electrons. The number of anilines is 1. The van der Waals surface area contributed by atoms with Crippen molar-refractivity contribution in [2.24, 2.45) is 0 Å². The zero-order chi connectivity index (χ0) is 24.3. The Hall–Kier alpha value is -4.21. The number of rotatable bonds is 7. The molecule has 10 heteroatoms. The maximum Gasteiger partial charge on any atom is 0.251 e. The van der Waals surface area contributed by atoms with Gasteiger partial charge < -0.3 is 14.2 Å². The Labute approximate surface area is 196 Å². The summed E-state index contributed by atoms with van der Waals surface area (Å²) in [6.45, 7) is 7.18. The second kappa shape index (κ2) is 9.34. The van der Waals surface area contributed by atoms with Crippen molar-refractivity contribution in [2.45, 2.75) is 45.8 Å². The van der Waals surface area contributed by atoms with Crippen molar-refractivity contribution in [1.29, 1.82) is 0 Å². The number of furan rings is 2. The van der Waals surface area contributed by atoms with E-state index in [0.717, 1.165) is 0 Å². The van der Waals surface area contributed by atoms with Gasteiger partial charge in [0.05, 0.1) is 6.26 Å². The number of carbonyl (C=O) groups excluding carboxylic acids is 2. The summed E-state index contributed by atoms with van der Waals surface area (Å²) in [5.74, 6) is 0.963. The van der Waals surface area contributed by atoms with Crippen LogP contribution in [-0.4, -0.2) is 37.6 Å². The minimum atomic E-state index is -1.04. The predicted molar refractivity (Wildman–Crippen MR) is 124 cm³/mol. The van der Waals surface area contributed by atoms with Gasteiger partial charge in [-0.05, 0) is 69.3 Å². The number of hydrogen-bond donors (Lipinski definition) is 1. The van der Waals surface area contributed by atoms with Gasteiger partial charge in [-0.15, -0.1) is 10.2 Å². The Balaban J connectivity index is 1.68. The summed E-state index contributed by atoms with van der Waals surface area (Å²) in [6, 6.07) is 14.8. The normalized spacial score (nSPS) is 12.4. The first-order chi connectivity index (χ1) is 16.2. The Kier molecular flexibility index (Phi) is 6.31. The number of nitrogens with one attached hydrogen (secondary N) is 1. The Morgan fingerprint density at radius 3 is 2.47 bits per heavy atom. The van der Waals surface area contributed by atoms with E-state index in [1.807, 2.05) is 33.8 Å². The topological polar surface area (TPSA) is 119 Å². The molecule has 0 saturated heterocycles. The van der Waals surface area contributed by atoms with E-state index in [4.69, 9.17) is 8.83 Å². The highest BCUT2D eigenvalue weighted by Crippen LogP contribution is 2.29. The van der Waals surface area contributed by atoms with Gasteiger partial charge in [-0.3, -0.25) is 14.5 Å². The summed E-state index contributed by atoms with van der Waals surface area (Å²) < 4.78 is 11.1. The van der Waals surface area contributed by atoms with Crippen LogP contribution < -0.4 is 10.2 Å². The molecule has 1 atom stereocenters. The summed E-state index contributed by atoms with van der Waals surface area (Å²) in [6.07, 6.45) is 1.47. The van der Waals surface area contributed by atoms with Crippen molar-refractivity contribution in [3.63, 3.8) is 0 Å². The van der Waals surface area contributed by atoms with Crippen molar-refractivity contribution in [2.75, 3.05) is 4.90 Å². The lowest BCUT2D eigenvalue weighted by atomic mass is 10.1. The number of para-hydroxylation sites is 1. The van der Waals surface area contributed by atoms with Crippen LogP contribution in [0.5, 0.6) is 0 Å². The van der Waals surface area contributed by atoms with Crippen molar-refractivity contribution < 1.29 is 18.4 Å². The first-order valence-electron chi connectivity index (χ1n) is 10.8. The van der Waals surface area contributed by atoms with Crippen LogP contribution in [0.4, 0.5) is 5.69 Å². The Morgan fingerprint density at radius 1 is 1.09 bits per heavy atom. The fraction of sp³-hybridized carbons (Fsp3) is 0.292. The number of aromatic nitrogens is 4. The van der Waals surface area contributed by atoms with Crippen LogP contribution in [0.15, 0.2) is 69.7 Å². The molecular weight excluding hydrogens is 436 g/mol. The number of nitrogens with zero attached hydrogens (tertiary/aromatic N) is 5. The molecule has 4 aromatic rings. The van der Waals surface area contributed by atoms with Crippen LogP contribution in [0.3, 0.4) is 0 Å². The maximum atomic E-state index is 13.6. The number of benzene rings is 1. The number of tetrazole rings is 1. The minimum absolute atomic E-state index is 0.248. The molecule has 4 rings (SSSR count). The molecule has 3 heterocycles. The van der Waals surface area contributed by atoms with Crippen LogP contribution in [0.1, 0.15) is 38.3 Å². The zero-order valence-electron chi connectivity index (χ0n) is 19.4. The van der Waals surface area contributed by atoms with E-state index in [1.54, 1.807) is 48.5 Å². The van der Waals surface area contributed by atoms with Crippen molar-refractivity contribution in [3.8, 4) is 11.6 Å². The summed E-state index contributed by atoms with van der Waals surface area (Å²) in [5, 5.41) is 15.2. The summed E-state index contributed by atoms with van der Waals surface area (Å²) in [5.41, 5.74) is 0.0107. The first kappa shape index (κ1) is 23.0. The van der Waals surface area contributed by atoms with Gasteiger partial charge in [0.25, 0.3) is 11.8 Å². The molecule has 1 aromatic carbocycles. The van der Waals surface area contributed by atoms with E-state index in [0.29, 0.717) is 23.0 Å². The molecule has 0 aliphatic carbocycles. The zero-order valence-corrected chi connectivity index (χ0v) is 19.4. The second-order valence-corrected chi connectivity index (χ2v) is 8.81. The van der Waals surface area contributed by atoms with Crippen LogP contribution in [0.25, 0.3) is 11.6 Å². The highest BCUT2D eigenvalue weighted by molar-refractivity contribution is 6.01. The smallest absolute Gasteiger partial charge is 0.251 e. The number of aryl methyl sites for hydroxylation is 1. The van der Waals surface area contributed by atoms with Gasteiger partial charge in [-0.25, -0.2) is 0 Å². The average Bonchev–Trinajstić information content (AvgIpc) is 3.53. The van der Waals surface area contributed by atoms with Gasteiger partial charge >= 0.3 is 0 Å². The minimum Gasteiger partial charge on any atom is -0.467 e. The molecule has 3 aromatic heterocycles. The fourth-order valence-electron chi connectivity index (χ4n) is 3.44. The van der Waals surface area contributed by atoms with Crippen molar-refractivity contribution in [3.05, 3.63) is 72.4 Å². The highest BCUT2D eigenvalue weighted by Gasteiger charge is 2.36. The van der Waals surface area contributed by atoms with Crippen LogP contribution in [0, 0.1) is 6.92 Å². The Bertz CT molecular complexity index is 1250. The molecular formula is C24H26N6O4. The Morgan fingerprint density at radius 2 is 1.85 bits per heavy atom. The molecule has 0 aliphatic rings. The quantitative estimate of drug-likeness (QED) is 0.446. The lowest BCUT2D eigenvalue weighted by Gasteiger charge is -2.32. The van der Waals surface area contributed by atoms with Crippen LogP contribution in [-0.2, 0) is 16.1 Å². The molecule has 0 spiro atoms. The lowest BCUT2D eigenvalue weighted by Crippen LogP contribution is -2.50. The predicted octanol–water partition coefficient (Wildman–Crippen LogP) is 3.52. The van der Waals surface area contributed by atoms with Gasteiger partial charge in [-0.2, -0.15) is 4.80 Å². The molecule has 0 bridgehead atoms. The fourth-order valence-corrected chi connectivity index (χ4v) is 3.44. The molecule has 0 unspecified atom stereocenters. The molecule has 34 heavy (non-hydrogen) atoms. The van der Waals surface area contributed by atoms with Gasteiger partial charge in [0.2, 0.25) is 5.82 Å². The molecule has 0 radical (unpaired) electrons. The summed E-state index contributed by atoms with van der Waals surface area (Å²) in [4.78, 5) is 29.6. The average molecular weight is 463 g/mol. The van der Waals surface area contributed by atoms with Gasteiger partial charge in [0.15, 0.2) is 11.8 Å². The number of carbonyl (C=O) groups is 2. The van der Waals surface area contributed by atoms with Crippen molar-refractivity contribution >= 4 is 17.5 Å². The third-order valence-corrected chi connectivity index (χ3v) is 4.81. The SMILES string of the molecule is Cc1ccc(-c2nnn(CC(=O)N(c3ccccc3)[C@H](C(=O)NC(C)(C)C)c3ccco3)n2)o1. The summed E-state index contributed by atoms with van der Waals surface area (Å²) in [7, 11) is 0. The third-order valence-electron chi connectivity index (χ3n) is 4.81. The highest BCUT2D eigenvalue weighted by atomic mass is 16.3. The van der Waals surface area contributed by atoms with E-state index >= 15 is 0 Å². The number of amides is 2. The molecule has 0 fully saturated rings. The van der Waals surface area contributed by atoms with E-state index in [-0.39, 0.29) is 18.3 Å². The second-order valence-electron chi connectivity index (χ2n) is 8.81. The number of hydrogen-bond acceptors (Lipinski definition) is 7. The van der Waals surface area contributed by atoms with Crippen LogP contribution >= 0.6 is 0 Å². The van der Waals surface area contributed by atoms with Crippen LogP contribution in [0.2, 0.25) is 0 Å². The van der Waals surface area contributed by atoms with E-state index in [1.165, 1.54) is 16.0 Å². The molecule has 1 N–H and O–H groups in total. The third kappa shape index (κ3) is 5.22. The van der Waals surface area contributed by atoms with Gasteiger partial charge in [0.1, 0.15) is 18.1 Å². The lowest BCUT2D eigenvalue weighted by molar-refractivity contribution is -0.128. The largest absolute Gasteiger partial charge is 0.467 e. The van der Waals surface area contributed by atoms with Gasteiger partial charge in [0, 0.05) is 11.2 Å². The molecule has 0 saturated carbocycles. The molecule has 2 amide bonds. The molecule has 10 nitrogen and oxygen atoms in total. The standard InChI is InChI=1S/C24H26N6O4/c1-16-12-13-19(34-16)22-26-28-29(27-22)15-20(31)30(17-9-6-5-7-10-17)21(18-11-8-14-33-18)23(32)25-24(2,3)4/h5-14,21H,15H2,1-4H3,(H,25,32)/t21-/m0/s1. The maximum absolute atomic E-state index is 13.6. The van der Waals surface area contributed by atoms with Gasteiger partial charge in [-0.1, -0.05) is 18.2 Å². The monoisotopic (exact) mass is 462 g/mol. The van der Waals surface area contributed by atoms with E-state index < -0.39 is 17.5 Å². The van der Waals surface area contributed by atoms with E-state index in [2.05, 4.69) is 20.7 Å². The van der Waals surface area contributed by atoms with Crippen molar-refractivity contribution in [1.82, 2.24) is 25.5 Å².